The Labute approximate surface area is 159 Å². The molecule has 3 aromatic rings. The second kappa shape index (κ2) is 8.45. The van der Waals surface area contributed by atoms with E-state index in [9.17, 15) is 4.79 Å². The van der Waals surface area contributed by atoms with Crippen molar-refractivity contribution in [2.45, 2.75) is 33.4 Å². The van der Waals surface area contributed by atoms with E-state index >= 15 is 0 Å². The maximum Gasteiger partial charge on any atom is 0.270 e. The van der Waals surface area contributed by atoms with Crippen molar-refractivity contribution in [2.75, 3.05) is 5.32 Å². The summed E-state index contributed by atoms with van der Waals surface area (Å²) in [6.07, 6.45) is 0. The summed E-state index contributed by atoms with van der Waals surface area (Å²) in [5, 5.41) is 6.27. The van der Waals surface area contributed by atoms with E-state index in [0.717, 1.165) is 11.1 Å². The zero-order valence-electron chi connectivity index (χ0n) is 15.9. The van der Waals surface area contributed by atoms with Crippen LogP contribution in [0.4, 0.5) is 5.82 Å². The molecule has 1 unspecified atom stereocenters. The van der Waals surface area contributed by atoms with Crippen LogP contribution in [0.1, 0.15) is 46.0 Å². The van der Waals surface area contributed by atoms with Crippen molar-refractivity contribution >= 4 is 11.7 Å². The first-order chi connectivity index (χ1) is 13.0. The first-order valence-corrected chi connectivity index (χ1v) is 9.02. The Hall–Kier alpha value is -3.21. The SMILES string of the molecule is Cc1cccc(CNC(=O)c2cc(NC(C)c3ccccc3)nc(C)n2)c1. The monoisotopic (exact) mass is 360 g/mol. The Morgan fingerprint density at radius 3 is 2.52 bits per heavy atom. The fourth-order valence-electron chi connectivity index (χ4n) is 2.90. The molecule has 2 N–H and O–H groups in total. The number of aromatic nitrogens is 2. The van der Waals surface area contributed by atoms with Crippen molar-refractivity contribution in [1.29, 1.82) is 0 Å². The summed E-state index contributed by atoms with van der Waals surface area (Å²) in [5.41, 5.74) is 3.74. The smallest absolute Gasteiger partial charge is 0.270 e. The molecule has 0 aliphatic heterocycles. The lowest BCUT2D eigenvalue weighted by Crippen LogP contribution is -2.24. The van der Waals surface area contributed by atoms with Gasteiger partial charge in [0.25, 0.3) is 5.91 Å². The molecular formula is C22H24N4O. The molecule has 0 fully saturated rings. The summed E-state index contributed by atoms with van der Waals surface area (Å²) in [6.45, 7) is 6.34. The van der Waals surface area contributed by atoms with E-state index in [-0.39, 0.29) is 11.9 Å². The third kappa shape index (κ3) is 5.14. The summed E-state index contributed by atoms with van der Waals surface area (Å²) >= 11 is 0. The van der Waals surface area contributed by atoms with Crippen molar-refractivity contribution in [3.8, 4) is 0 Å². The molecule has 1 atom stereocenters. The number of anilines is 1. The standard InChI is InChI=1S/C22H24N4O/c1-15-8-7-9-18(12-15)14-23-22(27)20-13-21(26-17(3)25-20)24-16(2)19-10-5-4-6-11-19/h4-13,16H,14H2,1-3H3,(H,23,27)(H,24,25,26). The number of benzene rings is 2. The number of nitrogens with one attached hydrogen (secondary N) is 2. The molecule has 0 bridgehead atoms. The van der Waals surface area contributed by atoms with E-state index in [1.165, 1.54) is 5.56 Å². The second-order valence-electron chi connectivity index (χ2n) is 6.63. The molecule has 138 valence electrons. The minimum absolute atomic E-state index is 0.0729. The molecule has 1 amide bonds. The minimum Gasteiger partial charge on any atom is -0.363 e. The number of amides is 1. The number of nitrogens with zero attached hydrogens (tertiary/aromatic N) is 2. The predicted molar refractivity (Wildman–Crippen MR) is 108 cm³/mol. The van der Waals surface area contributed by atoms with Crippen LogP contribution < -0.4 is 10.6 Å². The van der Waals surface area contributed by atoms with Gasteiger partial charge in [0.05, 0.1) is 0 Å². The quantitative estimate of drug-likeness (QED) is 0.691. The average Bonchev–Trinajstić information content (AvgIpc) is 2.66. The first kappa shape index (κ1) is 18.6. The van der Waals surface area contributed by atoms with Gasteiger partial charge in [-0.2, -0.15) is 0 Å². The second-order valence-corrected chi connectivity index (χ2v) is 6.63. The Kier molecular flexibility index (Phi) is 5.81. The van der Waals surface area contributed by atoms with Crippen LogP contribution in [0.15, 0.2) is 60.7 Å². The Balaban J connectivity index is 1.69. The Bertz CT molecular complexity index is 925. The fraction of sp³-hybridized carbons (Fsp3) is 0.227. The number of aryl methyl sites for hydroxylation is 2. The van der Waals surface area contributed by atoms with Crippen LogP contribution in [-0.4, -0.2) is 15.9 Å². The van der Waals surface area contributed by atoms with Crippen LogP contribution in [0.2, 0.25) is 0 Å². The van der Waals surface area contributed by atoms with Gasteiger partial charge in [-0.05, 0) is 31.9 Å². The number of hydrogen-bond donors (Lipinski definition) is 2. The molecule has 0 saturated heterocycles. The number of rotatable bonds is 6. The molecule has 0 saturated carbocycles. The molecule has 5 nitrogen and oxygen atoms in total. The third-order valence-corrected chi connectivity index (χ3v) is 4.27. The highest BCUT2D eigenvalue weighted by Crippen LogP contribution is 2.18. The van der Waals surface area contributed by atoms with Crippen molar-refractivity contribution in [1.82, 2.24) is 15.3 Å². The molecule has 5 heteroatoms. The molecule has 0 aliphatic rings. The molecule has 0 spiro atoms. The van der Waals surface area contributed by atoms with Crippen molar-refractivity contribution in [3.63, 3.8) is 0 Å². The normalized spacial score (nSPS) is 11.7. The lowest BCUT2D eigenvalue weighted by Gasteiger charge is -2.16. The number of hydrogen-bond acceptors (Lipinski definition) is 4. The molecule has 0 radical (unpaired) electrons. The van der Waals surface area contributed by atoms with Gasteiger partial charge < -0.3 is 10.6 Å². The van der Waals surface area contributed by atoms with E-state index in [1.807, 2.05) is 43.3 Å². The van der Waals surface area contributed by atoms with Crippen LogP contribution in [0.3, 0.4) is 0 Å². The minimum atomic E-state index is -0.211. The van der Waals surface area contributed by atoms with E-state index < -0.39 is 0 Å². The van der Waals surface area contributed by atoms with Gasteiger partial charge >= 0.3 is 0 Å². The highest BCUT2D eigenvalue weighted by molar-refractivity contribution is 5.92. The van der Waals surface area contributed by atoms with E-state index in [1.54, 1.807) is 13.0 Å². The molecule has 1 aromatic heterocycles. The number of carbonyl (C=O) groups excluding carboxylic acids is 1. The van der Waals surface area contributed by atoms with Crippen molar-refractivity contribution in [2.24, 2.45) is 0 Å². The van der Waals surface area contributed by atoms with E-state index in [0.29, 0.717) is 23.9 Å². The van der Waals surface area contributed by atoms with Gasteiger partial charge in [-0.25, -0.2) is 9.97 Å². The van der Waals surface area contributed by atoms with Crippen molar-refractivity contribution < 1.29 is 4.79 Å². The van der Waals surface area contributed by atoms with E-state index in [4.69, 9.17) is 0 Å². The number of carbonyl (C=O) groups is 1. The van der Waals surface area contributed by atoms with Gasteiger partial charge in [-0.3, -0.25) is 4.79 Å². The van der Waals surface area contributed by atoms with Gasteiger partial charge in [-0.1, -0.05) is 60.2 Å². The maximum atomic E-state index is 12.5. The molecule has 1 heterocycles. The van der Waals surface area contributed by atoms with Crippen LogP contribution in [0.5, 0.6) is 0 Å². The molecule has 2 aromatic carbocycles. The summed E-state index contributed by atoms with van der Waals surface area (Å²) in [7, 11) is 0. The molecule has 27 heavy (non-hydrogen) atoms. The first-order valence-electron chi connectivity index (χ1n) is 9.02. The van der Waals surface area contributed by atoms with Gasteiger partial charge in [0.15, 0.2) is 0 Å². The Morgan fingerprint density at radius 2 is 1.78 bits per heavy atom. The Morgan fingerprint density at radius 1 is 1.00 bits per heavy atom. The third-order valence-electron chi connectivity index (χ3n) is 4.27. The summed E-state index contributed by atoms with van der Waals surface area (Å²) < 4.78 is 0. The average molecular weight is 360 g/mol. The zero-order chi connectivity index (χ0) is 19.2. The largest absolute Gasteiger partial charge is 0.363 e. The van der Waals surface area contributed by atoms with E-state index in [2.05, 4.69) is 45.7 Å². The maximum absolute atomic E-state index is 12.5. The van der Waals surface area contributed by atoms with Gasteiger partial charge in [0.1, 0.15) is 17.3 Å². The predicted octanol–water partition coefficient (Wildman–Crippen LogP) is 4.20. The fourth-order valence-corrected chi connectivity index (χ4v) is 2.90. The lowest BCUT2D eigenvalue weighted by atomic mass is 10.1. The molecule has 0 aliphatic carbocycles. The van der Waals surface area contributed by atoms with Crippen LogP contribution in [-0.2, 0) is 6.54 Å². The summed E-state index contributed by atoms with van der Waals surface area (Å²) in [6, 6.07) is 19.9. The summed E-state index contributed by atoms with van der Waals surface area (Å²) in [4.78, 5) is 21.2. The zero-order valence-corrected chi connectivity index (χ0v) is 15.9. The molecular weight excluding hydrogens is 336 g/mol. The lowest BCUT2D eigenvalue weighted by molar-refractivity contribution is 0.0945. The molecule has 3 rings (SSSR count). The van der Waals surface area contributed by atoms with Crippen LogP contribution in [0.25, 0.3) is 0 Å². The van der Waals surface area contributed by atoms with Gasteiger partial charge in [0, 0.05) is 18.7 Å². The van der Waals surface area contributed by atoms with Crippen LogP contribution >= 0.6 is 0 Å². The topological polar surface area (TPSA) is 66.9 Å². The van der Waals surface area contributed by atoms with Gasteiger partial charge in [-0.15, -0.1) is 0 Å². The van der Waals surface area contributed by atoms with Crippen LogP contribution in [0, 0.1) is 13.8 Å². The highest BCUT2D eigenvalue weighted by atomic mass is 16.1. The summed E-state index contributed by atoms with van der Waals surface area (Å²) in [5.74, 6) is 0.984. The van der Waals surface area contributed by atoms with Gasteiger partial charge in [0.2, 0.25) is 0 Å². The van der Waals surface area contributed by atoms with Crippen molar-refractivity contribution in [3.05, 3.63) is 88.9 Å². The highest BCUT2D eigenvalue weighted by Gasteiger charge is 2.12.